The number of rotatable bonds is 5. The minimum atomic E-state index is 0.178. The maximum atomic E-state index is 5.75. The molecule has 1 N–H and O–H groups in total. The average Bonchev–Trinajstić information content (AvgIpc) is 2.78. The monoisotopic (exact) mass is 245 g/mol. The van der Waals surface area contributed by atoms with Crippen molar-refractivity contribution in [1.29, 1.82) is 0 Å². The normalized spacial score (nSPS) is 10.9. The van der Waals surface area contributed by atoms with E-state index >= 15 is 0 Å². The summed E-state index contributed by atoms with van der Waals surface area (Å²) in [5, 5.41) is 3.07. The van der Waals surface area contributed by atoms with E-state index in [9.17, 15) is 0 Å². The van der Waals surface area contributed by atoms with E-state index in [0.29, 0.717) is 0 Å². The molecule has 0 atom stereocenters. The van der Waals surface area contributed by atoms with Crippen molar-refractivity contribution in [1.82, 2.24) is 5.32 Å². The highest BCUT2D eigenvalue weighted by atomic mass is 16.5. The molecule has 0 unspecified atom stereocenters. The first kappa shape index (κ1) is 12.7. The second kappa shape index (κ2) is 5.74. The third kappa shape index (κ3) is 3.14. The number of hydrogen-bond donors (Lipinski definition) is 1. The van der Waals surface area contributed by atoms with Crippen molar-refractivity contribution in [3.63, 3.8) is 0 Å². The van der Waals surface area contributed by atoms with Gasteiger partial charge in [0.2, 0.25) is 0 Å². The van der Waals surface area contributed by atoms with Crippen molar-refractivity contribution in [2.45, 2.75) is 26.5 Å². The molecule has 0 fully saturated rings. The quantitative estimate of drug-likeness (QED) is 0.876. The molecule has 1 aromatic carbocycles. The van der Waals surface area contributed by atoms with Crippen LogP contribution in [0, 0.1) is 0 Å². The van der Waals surface area contributed by atoms with Gasteiger partial charge in [-0.2, -0.15) is 0 Å². The van der Waals surface area contributed by atoms with Gasteiger partial charge in [-0.1, -0.05) is 12.1 Å². The van der Waals surface area contributed by atoms with Gasteiger partial charge in [0.15, 0.2) is 0 Å². The van der Waals surface area contributed by atoms with Crippen LogP contribution in [0.4, 0.5) is 0 Å². The number of nitrogens with one attached hydrogen (secondary N) is 1. The Labute approximate surface area is 108 Å². The van der Waals surface area contributed by atoms with Gasteiger partial charge in [0.1, 0.15) is 17.3 Å². The van der Waals surface area contributed by atoms with Crippen LogP contribution in [0.5, 0.6) is 5.75 Å². The van der Waals surface area contributed by atoms with Crippen molar-refractivity contribution in [2.75, 3.05) is 7.05 Å². The lowest BCUT2D eigenvalue weighted by molar-refractivity contribution is 0.242. The van der Waals surface area contributed by atoms with Gasteiger partial charge in [-0.3, -0.25) is 0 Å². The zero-order chi connectivity index (χ0) is 13.0. The van der Waals surface area contributed by atoms with Crippen molar-refractivity contribution in [2.24, 2.45) is 0 Å². The van der Waals surface area contributed by atoms with Crippen molar-refractivity contribution >= 4 is 0 Å². The second-order valence-corrected chi connectivity index (χ2v) is 4.49. The molecule has 96 valence electrons. The molecule has 0 saturated heterocycles. The lowest BCUT2D eigenvalue weighted by Gasteiger charge is -2.10. The third-order valence-corrected chi connectivity index (χ3v) is 2.50. The summed E-state index contributed by atoms with van der Waals surface area (Å²) in [4.78, 5) is 0. The topological polar surface area (TPSA) is 34.4 Å². The van der Waals surface area contributed by atoms with Crippen molar-refractivity contribution in [3.05, 3.63) is 42.2 Å². The van der Waals surface area contributed by atoms with E-state index in [-0.39, 0.29) is 6.10 Å². The molecule has 0 bridgehead atoms. The van der Waals surface area contributed by atoms with Gasteiger partial charge in [0.25, 0.3) is 0 Å². The van der Waals surface area contributed by atoms with E-state index in [2.05, 4.69) is 5.32 Å². The molecule has 1 aromatic heterocycles. The van der Waals surface area contributed by atoms with Gasteiger partial charge in [-0.25, -0.2) is 0 Å². The molecule has 0 spiro atoms. The second-order valence-electron chi connectivity index (χ2n) is 4.49. The summed E-state index contributed by atoms with van der Waals surface area (Å²) in [5.74, 6) is 2.67. The van der Waals surface area contributed by atoms with Crippen molar-refractivity contribution < 1.29 is 9.15 Å². The number of benzene rings is 1. The Morgan fingerprint density at radius 1 is 1.22 bits per heavy atom. The summed E-state index contributed by atoms with van der Waals surface area (Å²) in [5.41, 5.74) is 1.04. The highest BCUT2D eigenvalue weighted by Gasteiger charge is 2.06. The molecule has 18 heavy (non-hydrogen) atoms. The van der Waals surface area contributed by atoms with E-state index in [0.717, 1.165) is 29.4 Å². The highest BCUT2D eigenvalue weighted by molar-refractivity contribution is 5.59. The molecular formula is C15H19NO2. The van der Waals surface area contributed by atoms with Crippen LogP contribution in [0.1, 0.15) is 19.6 Å². The standard InChI is InChI=1S/C15H19NO2/c1-11(2)17-13-6-4-5-12(9-13)15-8-7-14(18-15)10-16-3/h4-9,11,16H,10H2,1-3H3. The van der Waals surface area contributed by atoms with E-state index in [1.165, 1.54) is 0 Å². The fourth-order valence-corrected chi connectivity index (χ4v) is 1.80. The molecule has 0 saturated carbocycles. The van der Waals surface area contributed by atoms with E-state index in [4.69, 9.17) is 9.15 Å². The smallest absolute Gasteiger partial charge is 0.134 e. The molecule has 1 heterocycles. The first-order valence-electron chi connectivity index (χ1n) is 6.19. The molecule has 0 aliphatic carbocycles. The fraction of sp³-hybridized carbons (Fsp3) is 0.333. The van der Waals surface area contributed by atoms with Crippen LogP contribution < -0.4 is 10.1 Å². The summed E-state index contributed by atoms with van der Waals surface area (Å²) < 4.78 is 11.4. The van der Waals surface area contributed by atoms with Crippen LogP contribution in [-0.4, -0.2) is 13.2 Å². The zero-order valence-electron chi connectivity index (χ0n) is 11.1. The molecule has 0 amide bonds. The van der Waals surface area contributed by atoms with Crippen molar-refractivity contribution in [3.8, 4) is 17.1 Å². The Kier molecular flexibility index (Phi) is 4.05. The zero-order valence-corrected chi connectivity index (χ0v) is 11.1. The van der Waals surface area contributed by atoms with Crippen LogP contribution in [0.15, 0.2) is 40.8 Å². The van der Waals surface area contributed by atoms with Crippen LogP contribution in [-0.2, 0) is 6.54 Å². The number of ether oxygens (including phenoxy) is 1. The summed E-state index contributed by atoms with van der Waals surface area (Å²) in [6, 6.07) is 11.9. The minimum absolute atomic E-state index is 0.178. The largest absolute Gasteiger partial charge is 0.491 e. The Morgan fingerprint density at radius 2 is 2.06 bits per heavy atom. The van der Waals surface area contributed by atoms with E-state index in [1.54, 1.807) is 0 Å². The van der Waals surface area contributed by atoms with Gasteiger partial charge < -0.3 is 14.5 Å². The molecule has 0 aliphatic rings. The van der Waals surface area contributed by atoms with Gasteiger partial charge in [-0.05, 0) is 45.2 Å². The molecule has 2 rings (SSSR count). The Morgan fingerprint density at radius 3 is 2.78 bits per heavy atom. The van der Waals surface area contributed by atoms with E-state index in [1.807, 2.05) is 57.3 Å². The number of furan rings is 1. The molecule has 0 aliphatic heterocycles. The van der Waals surface area contributed by atoms with Gasteiger partial charge >= 0.3 is 0 Å². The van der Waals surface area contributed by atoms with Crippen LogP contribution in [0.3, 0.4) is 0 Å². The first-order valence-corrected chi connectivity index (χ1v) is 6.19. The summed E-state index contributed by atoms with van der Waals surface area (Å²) in [6.45, 7) is 4.78. The van der Waals surface area contributed by atoms with E-state index < -0.39 is 0 Å². The van der Waals surface area contributed by atoms with Crippen LogP contribution >= 0.6 is 0 Å². The predicted octanol–water partition coefficient (Wildman–Crippen LogP) is 3.45. The molecule has 2 aromatic rings. The minimum Gasteiger partial charge on any atom is -0.491 e. The van der Waals surface area contributed by atoms with Crippen LogP contribution in [0.2, 0.25) is 0 Å². The third-order valence-electron chi connectivity index (χ3n) is 2.50. The molecule has 0 radical (unpaired) electrons. The van der Waals surface area contributed by atoms with Gasteiger partial charge in [0.05, 0.1) is 12.6 Å². The fourth-order valence-electron chi connectivity index (χ4n) is 1.80. The Hall–Kier alpha value is -1.74. The molecular weight excluding hydrogens is 226 g/mol. The SMILES string of the molecule is CNCc1ccc(-c2cccc(OC(C)C)c2)o1. The lowest BCUT2D eigenvalue weighted by atomic mass is 10.1. The summed E-state index contributed by atoms with van der Waals surface area (Å²) in [6.07, 6.45) is 0.178. The summed E-state index contributed by atoms with van der Waals surface area (Å²) >= 11 is 0. The maximum absolute atomic E-state index is 5.75. The average molecular weight is 245 g/mol. The summed E-state index contributed by atoms with van der Waals surface area (Å²) in [7, 11) is 1.90. The Balaban J connectivity index is 2.21. The lowest BCUT2D eigenvalue weighted by Crippen LogP contribution is -2.05. The van der Waals surface area contributed by atoms with Crippen LogP contribution in [0.25, 0.3) is 11.3 Å². The highest BCUT2D eigenvalue weighted by Crippen LogP contribution is 2.26. The number of hydrogen-bond acceptors (Lipinski definition) is 3. The Bertz CT molecular complexity index is 503. The van der Waals surface area contributed by atoms with Gasteiger partial charge in [0, 0.05) is 5.56 Å². The predicted molar refractivity (Wildman–Crippen MR) is 72.7 cm³/mol. The molecule has 3 heteroatoms. The molecule has 3 nitrogen and oxygen atoms in total. The van der Waals surface area contributed by atoms with Gasteiger partial charge in [-0.15, -0.1) is 0 Å². The maximum Gasteiger partial charge on any atom is 0.134 e. The first-order chi connectivity index (χ1) is 8.69.